The van der Waals surface area contributed by atoms with Crippen LogP contribution >= 0.6 is 0 Å². The minimum absolute atomic E-state index is 0.0931. The molecule has 2 rings (SSSR count). The average molecular weight is 275 g/mol. The topological polar surface area (TPSA) is 21.3 Å². The maximum atomic E-state index is 6.17. The fourth-order valence-electron chi connectivity index (χ4n) is 2.84. The van der Waals surface area contributed by atoms with Crippen molar-refractivity contribution in [3.8, 4) is 5.75 Å². The van der Waals surface area contributed by atoms with Gasteiger partial charge in [0.25, 0.3) is 0 Å². The molecule has 112 valence electrons. The summed E-state index contributed by atoms with van der Waals surface area (Å²) in [4.78, 5) is 0. The van der Waals surface area contributed by atoms with Crippen LogP contribution in [-0.2, 0) is 0 Å². The fourth-order valence-corrected chi connectivity index (χ4v) is 2.84. The number of fused-ring (bicyclic) bond motifs is 1. The molecule has 1 aliphatic heterocycles. The van der Waals surface area contributed by atoms with E-state index in [4.69, 9.17) is 4.74 Å². The van der Waals surface area contributed by atoms with Gasteiger partial charge >= 0.3 is 0 Å². The highest BCUT2D eigenvalue weighted by Crippen LogP contribution is 2.40. The Morgan fingerprint density at radius 1 is 1.25 bits per heavy atom. The van der Waals surface area contributed by atoms with Crippen molar-refractivity contribution < 1.29 is 4.74 Å². The van der Waals surface area contributed by atoms with Crippen LogP contribution < -0.4 is 10.1 Å². The van der Waals surface area contributed by atoms with Crippen LogP contribution in [0.5, 0.6) is 5.75 Å². The molecule has 0 aromatic heterocycles. The van der Waals surface area contributed by atoms with Gasteiger partial charge in [-0.2, -0.15) is 0 Å². The maximum Gasteiger partial charge on any atom is 0.125 e. The first kappa shape index (κ1) is 15.4. The number of aryl methyl sites for hydroxylation is 2. The minimum atomic E-state index is -0.0931. The molecule has 0 radical (unpaired) electrons. The Hall–Kier alpha value is -1.02. The van der Waals surface area contributed by atoms with E-state index in [1.807, 2.05) is 0 Å². The third-order valence-electron chi connectivity index (χ3n) is 4.20. The minimum Gasteiger partial charge on any atom is -0.487 e. The van der Waals surface area contributed by atoms with Gasteiger partial charge in [-0.15, -0.1) is 0 Å². The van der Waals surface area contributed by atoms with Gasteiger partial charge in [0.1, 0.15) is 11.4 Å². The van der Waals surface area contributed by atoms with Crippen LogP contribution in [-0.4, -0.2) is 12.1 Å². The first-order valence-electron chi connectivity index (χ1n) is 7.82. The van der Waals surface area contributed by atoms with E-state index in [0.717, 1.165) is 24.6 Å². The van der Waals surface area contributed by atoms with Crippen LogP contribution in [0.3, 0.4) is 0 Å². The number of ether oxygens (including phenoxy) is 1. The number of benzene rings is 1. The lowest BCUT2D eigenvalue weighted by atomic mass is 9.88. The smallest absolute Gasteiger partial charge is 0.125 e. The third-order valence-corrected chi connectivity index (χ3v) is 4.20. The van der Waals surface area contributed by atoms with E-state index in [-0.39, 0.29) is 5.60 Å². The van der Waals surface area contributed by atoms with Crippen LogP contribution in [0, 0.1) is 19.8 Å². The molecule has 1 N–H and O–H groups in total. The van der Waals surface area contributed by atoms with Gasteiger partial charge in [-0.05, 0) is 63.8 Å². The van der Waals surface area contributed by atoms with Gasteiger partial charge in [-0.3, -0.25) is 0 Å². The zero-order valence-corrected chi connectivity index (χ0v) is 13.8. The summed E-state index contributed by atoms with van der Waals surface area (Å²) in [7, 11) is 0. The largest absolute Gasteiger partial charge is 0.487 e. The van der Waals surface area contributed by atoms with Gasteiger partial charge in [0.05, 0.1) is 0 Å². The van der Waals surface area contributed by atoms with Crippen LogP contribution in [0.4, 0.5) is 0 Å². The van der Waals surface area contributed by atoms with Crippen LogP contribution in [0.2, 0.25) is 0 Å². The van der Waals surface area contributed by atoms with E-state index in [1.54, 1.807) is 0 Å². The Labute approximate surface area is 123 Å². The summed E-state index contributed by atoms with van der Waals surface area (Å²) >= 11 is 0. The molecule has 0 spiro atoms. The highest BCUT2D eigenvalue weighted by molar-refractivity contribution is 5.45. The second-order valence-corrected chi connectivity index (χ2v) is 7.23. The van der Waals surface area contributed by atoms with Gasteiger partial charge in [-0.25, -0.2) is 0 Å². The van der Waals surface area contributed by atoms with Crippen molar-refractivity contribution in [2.24, 2.45) is 5.92 Å². The molecule has 0 aliphatic carbocycles. The first-order valence-corrected chi connectivity index (χ1v) is 7.82. The molecular formula is C18H29NO. The Kier molecular flexibility index (Phi) is 4.43. The van der Waals surface area contributed by atoms with Gasteiger partial charge in [0.2, 0.25) is 0 Å². The fraction of sp³-hybridized carbons (Fsp3) is 0.667. The molecule has 0 fully saturated rings. The molecule has 1 heterocycles. The summed E-state index contributed by atoms with van der Waals surface area (Å²) in [6.07, 6.45) is 2.25. The van der Waals surface area contributed by atoms with Gasteiger partial charge in [0, 0.05) is 18.0 Å². The van der Waals surface area contributed by atoms with E-state index in [9.17, 15) is 0 Å². The van der Waals surface area contributed by atoms with Crippen molar-refractivity contribution >= 4 is 0 Å². The highest BCUT2D eigenvalue weighted by atomic mass is 16.5. The molecular weight excluding hydrogens is 246 g/mol. The molecule has 2 nitrogen and oxygen atoms in total. The van der Waals surface area contributed by atoms with Gasteiger partial charge < -0.3 is 10.1 Å². The summed E-state index contributed by atoms with van der Waals surface area (Å²) in [5, 5.41) is 3.73. The van der Waals surface area contributed by atoms with Gasteiger partial charge in [-0.1, -0.05) is 19.9 Å². The van der Waals surface area contributed by atoms with E-state index in [0.29, 0.717) is 6.04 Å². The molecule has 0 saturated carbocycles. The van der Waals surface area contributed by atoms with E-state index < -0.39 is 0 Å². The Morgan fingerprint density at radius 3 is 2.55 bits per heavy atom. The predicted octanol–water partition coefficient (Wildman–Crippen LogP) is 4.54. The molecule has 1 aromatic carbocycles. The second-order valence-electron chi connectivity index (χ2n) is 7.23. The Bertz CT molecular complexity index is 477. The van der Waals surface area contributed by atoms with Crippen molar-refractivity contribution in [2.45, 2.75) is 66.0 Å². The SMILES string of the molecule is Cc1cc2c(cc1C)C(NCCC(C)C)CC(C)(C)O2. The third kappa shape index (κ3) is 3.54. The molecule has 2 heteroatoms. The van der Waals surface area contributed by atoms with E-state index in [2.05, 4.69) is 59.0 Å². The lowest BCUT2D eigenvalue weighted by Gasteiger charge is -2.38. The lowest BCUT2D eigenvalue weighted by Crippen LogP contribution is -2.40. The van der Waals surface area contributed by atoms with Crippen molar-refractivity contribution in [2.75, 3.05) is 6.54 Å². The lowest BCUT2D eigenvalue weighted by molar-refractivity contribution is 0.0658. The summed E-state index contributed by atoms with van der Waals surface area (Å²) < 4.78 is 6.17. The standard InChI is InChI=1S/C18H29NO/c1-12(2)7-8-19-16-11-18(5,6)20-17-10-14(4)13(3)9-15(16)17/h9-10,12,16,19H,7-8,11H2,1-6H3. The highest BCUT2D eigenvalue weighted by Gasteiger charge is 2.33. The molecule has 0 amide bonds. The summed E-state index contributed by atoms with van der Waals surface area (Å²) in [6, 6.07) is 4.90. The van der Waals surface area contributed by atoms with Crippen LogP contribution in [0.25, 0.3) is 0 Å². The zero-order valence-electron chi connectivity index (χ0n) is 13.8. The van der Waals surface area contributed by atoms with Crippen molar-refractivity contribution in [1.29, 1.82) is 0 Å². The molecule has 1 unspecified atom stereocenters. The van der Waals surface area contributed by atoms with E-state index in [1.165, 1.54) is 23.1 Å². The number of nitrogens with one attached hydrogen (secondary N) is 1. The zero-order chi connectivity index (χ0) is 14.9. The molecule has 0 saturated heterocycles. The molecule has 1 atom stereocenters. The Morgan fingerprint density at radius 2 is 1.90 bits per heavy atom. The quantitative estimate of drug-likeness (QED) is 0.871. The number of hydrogen-bond acceptors (Lipinski definition) is 2. The molecule has 0 bridgehead atoms. The second kappa shape index (κ2) is 5.77. The molecule has 1 aliphatic rings. The normalized spacial score (nSPS) is 20.6. The maximum absolute atomic E-state index is 6.17. The first-order chi connectivity index (χ1) is 9.28. The van der Waals surface area contributed by atoms with Crippen LogP contribution in [0.1, 0.15) is 63.3 Å². The summed E-state index contributed by atoms with van der Waals surface area (Å²) in [5.41, 5.74) is 3.89. The van der Waals surface area contributed by atoms with Gasteiger partial charge in [0.15, 0.2) is 0 Å². The monoisotopic (exact) mass is 275 g/mol. The summed E-state index contributed by atoms with van der Waals surface area (Å²) in [6.45, 7) is 14.3. The Balaban J connectivity index is 2.22. The molecule has 1 aromatic rings. The predicted molar refractivity (Wildman–Crippen MR) is 85.4 cm³/mol. The van der Waals surface area contributed by atoms with Crippen molar-refractivity contribution in [3.63, 3.8) is 0 Å². The average Bonchev–Trinajstić information content (AvgIpc) is 2.30. The van der Waals surface area contributed by atoms with Crippen LogP contribution in [0.15, 0.2) is 12.1 Å². The number of hydrogen-bond donors (Lipinski definition) is 1. The number of rotatable bonds is 4. The van der Waals surface area contributed by atoms with Crippen molar-refractivity contribution in [3.05, 3.63) is 28.8 Å². The van der Waals surface area contributed by atoms with E-state index >= 15 is 0 Å². The molecule has 20 heavy (non-hydrogen) atoms. The van der Waals surface area contributed by atoms with Crippen molar-refractivity contribution in [1.82, 2.24) is 5.32 Å². The summed E-state index contributed by atoms with van der Waals surface area (Å²) in [5.74, 6) is 1.81.